The van der Waals surface area contributed by atoms with Crippen LogP contribution in [-0.4, -0.2) is 36.5 Å². The Labute approximate surface area is 138 Å². The Balaban J connectivity index is 2.00. The number of likely N-dealkylation sites (tertiary alicyclic amines) is 1. The molecule has 0 aromatic heterocycles. The molecule has 2 rings (SSSR count). The highest BCUT2D eigenvalue weighted by atomic mass is 35.5. The molecule has 1 aliphatic rings. The minimum absolute atomic E-state index is 0.0277. The first kappa shape index (κ1) is 17.3. The van der Waals surface area contributed by atoms with E-state index in [2.05, 4.69) is 24.1 Å². The molecule has 1 atom stereocenters. The third-order valence-electron chi connectivity index (χ3n) is 4.45. The maximum absolute atomic E-state index is 12.3. The van der Waals surface area contributed by atoms with Crippen LogP contribution in [0.4, 0.5) is 5.69 Å². The predicted octanol–water partition coefficient (Wildman–Crippen LogP) is 2.95. The molecule has 1 heterocycles. The fraction of sp³-hybridized carbons (Fsp3) is 0.588. The monoisotopic (exact) mass is 323 g/mol. The summed E-state index contributed by atoms with van der Waals surface area (Å²) in [4.78, 5) is 14.5. The summed E-state index contributed by atoms with van der Waals surface area (Å²) in [6.45, 7) is 10.3. The second-order valence-corrected chi connectivity index (χ2v) is 7.49. The summed E-state index contributed by atoms with van der Waals surface area (Å²) in [5.41, 5.74) is 8.96. The topological polar surface area (TPSA) is 58.4 Å². The van der Waals surface area contributed by atoms with Crippen LogP contribution in [0.1, 0.15) is 31.4 Å². The normalized spacial score (nSPS) is 21.6. The predicted molar refractivity (Wildman–Crippen MR) is 92.4 cm³/mol. The molecular weight excluding hydrogens is 298 g/mol. The Kier molecular flexibility index (Phi) is 5.15. The number of hydrogen-bond donors (Lipinski definition) is 2. The molecule has 1 unspecified atom stereocenters. The zero-order valence-electron chi connectivity index (χ0n) is 13.9. The number of carbonyl (C=O) groups is 1. The van der Waals surface area contributed by atoms with Crippen LogP contribution in [0.5, 0.6) is 0 Å². The fourth-order valence-corrected chi connectivity index (χ4v) is 3.44. The van der Waals surface area contributed by atoms with E-state index in [9.17, 15) is 4.79 Å². The van der Waals surface area contributed by atoms with E-state index >= 15 is 0 Å². The zero-order chi connectivity index (χ0) is 16.5. The first-order valence-electron chi connectivity index (χ1n) is 7.73. The lowest BCUT2D eigenvalue weighted by Gasteiger charge is -2.42. The minimum Gasteiger partial charge on any atom is -0.327 e. The van der Waals surface area contributed by atoms with E-state index in [0.717, 1.165) is 30.6 Å². The Hall–Kier alpha value is -1.10. The number of rotatable bonds is 3. The standard InChI is InChI=1S/C17H26ClN3O/c1-11-7-12(2)16(13(18)8-11)20-15(22)9-21-6-5-14(19)17(3,4)10-21/h7-8,14H,5-6,9-10,19H2,1-4H3,(H,20,22). The summed E-state index contributed by atoms with van der Waals surface area (Å²) in [7, 11) is 0. The fourth-order valence-electron chi connectivity index (χ4n) is 3.08. The summed E-state index contributed by atoms with van der Waals surface area (Å²) in [5, 5.41) is 3.54. The van der Waals surface area contributed by atoms with Crippen molar-refractivity contribution >= 4 is 23.2 Å². The van der Waals surface area contributed by atoms with E-state index < -0.39 is 0 Å². The van der Waals surface area contributed by atoms with Gasteiger partial charge in [-0.05, 0) is 42.9 Å². The Morgan fingerprint density at radius 1 is 1.45 bits per heavy atom. The van der Waals surface area contributed by atoms with Crippen LogP contribution in [0.3, 0.4) is 0 Å². The number of nitrogens with zero attached hydrogens (tertiary/aromatic N) is 1. The first-order chi connectivity index (χ1) is 10.2. The van der Waals surface area contributed by atoms with Gasteiger partial charge in [-0.25, -0.2) is 0 Å². The highest BCUT2D eigenvalue weighted by molar-refractivity contribution is 6.34. The van der Waals surface area contributed by atoms with Gasteiger partial charge in [0.25, 0.3) is 0 Å². The third-order valence-corrected chi connectivity index (χ3v) is 4.75. The average molecular weight is 324 g/mol. The van der Waals surface area contributed by atoms with Crippen LogP contribution in [0.25, 0.3) is 0 Å². The number of amides is 1. The minimum atomic E-state index is -0.0277. The van der Waals surface area contributed by atoms with Crippen molar-refractivity contribution in [2.75, 3.05) is 25.0 Å². The summed E-state index contributed by atoms with van der Waals surface area (Å²) in [6, 6.07) is 4.08. The first-order valence-corrected chi connectivity index (χ1v) is 8.11. The number of hydrogen-bond acceptors (Lipinski definition) is 3. The molecule has 0 spiro atoms. The van der Waals surface area contributed by atoms with E-state index in [1.54, 1.807) is 0 Å². The van der Waals surface area contributed by atoms with Crippen molar-refractivity contribution in [3.05, 3.63) is 28.3 Å². The van der Waals surface area contributed by atoms with Crippen LogP contribution in [0.15, 0.2) is 12.1 Å². The van der Waals surface area contributed by atoms with E-state index in [0.29, 0.717) is 17.3 Å². The zero-order valence-corrected chi connectivity index (χ0v) is 14.6. The molecule has 3 N–H and O–H groups in total. The van der Waals surface area contributed by atoms with Crippen LogP contribution in [0.2, 0.25) is 5.02 Å². The highest BCUT2D eigenvalue weighted by Crippen LogP contribution is 2.29. The van der Waals surface area contributed by atoms with Gasteiger partial charge in [0.2, 0.25) is 5.91 Å². The molecule has 0 radical (unpaired) electrons. The van der Waals surface area contributed by atoms with Gasteiger partial charge in [-0.15, -0.1) is 0 Å². The van der Waals surface area contributed by atoms with E-state index in [4.69, 9.17) is 17.3 Å². The smallest absolute Gasteiger partial charge is 0.238 e. The maximum Gasteiger partial charge on any atom is 0.238 e. The molecule has 4 nitrogen and oxygen atoms in total. The van der Waals surface area contributed by atoms with Crippen molar-refractivity contribution in [1.82, 2.24) is 4.90 Å². The summed E-state index contributed by atoms with van der Waals surface area (Å²) >= 11 is 6.24. The van der Waals surface area contributed by atoms with E-state index in [1.165, 1.54) is 0 Å². The second kappa shape index (κ2) is 6.57. The van der Waals surface area contributed by atoms with Gasteiger partial charge in [0.05, 0.1) is 17.3 Å². The molecular formula is C17H26ClN3O. The summed E-state index contributed by atoms with van der Waals surface area (Å²) in [5.74, 6) is -0.0277. The van der Waals surface area contributed by atoms with Crippen LogP contribution < -0.4 is 11.1 Å². The second-order valence-electron chi connectivity index (χ2n) is 7.08. The molecule has 5 heteroatoms. The number of carbonyl (C=O) groups excluding carboxylic acids is 1. The number of nitrogens with two attached hydrogens (primary N) is 1. The molecule has 0 bridgehead atoms. The number of aryl methyl sites for hydroxylation is 2. The molecule has 1 aliphatic heterocycles. The highest BCUT2D eigenvalue weighted by Gasteiger charge is 2.33. The van der Waals surface area contributed by atoms with Gasteiger partial charge in [-0.1, -0.05) is 31.5 Å². The number of anilines is 1. The van der Waals surface area contributed by atoms with Crippen LogP contribution in [-0.2, 0) is 4.79 Å². The lowest BCUT2D eigenvalue weighted by molar-refractivity contribution is -0.118. The van der Waals surface area contributed by atoms with E-state index in [1.807, 2.05) is 26.0 Å². The van der Waals surface area contributed by atoms with Gasteiger partial charge in [-0.3, -0.25) is 9.69 Å². The van der Waals surface area contributed by atoms with Gasteiger partial charge in [-0.2, -0.15) is 0 Å². The molecule has 0 aliphatic carbocycles. The summed E-state index contributed by atoms with van der Waals surface area (Å²) < 4.78 is 0. The molecule has 1 aromatic carbocycles. The number of nitrogens with one attached hydrogen (secondary N) is 1. The van der Waals surface area contributed by atoms with Crippen LogP contribution >= 0.6 is 11.6 Å². The Morgan fingerprint density at radius 2 is 2.14 bits per heavy atom. The molecule has 1 fully saturated rings. The molecule has 1 aromatic rings. The maximum atomic E-state index is 12.3. The molecule has 122 valence electrons. The van der Waals surface area contributed by atoms with Crippen molar-refractivity contribution in [1.29, 1.82) is 0 Å². The lowest BCUT2D eigenvalue weighted by atomic mass is 9.80. The van der Waals surface area contributed by atoms with Gasteiger partial charge in [0, 0.05) is 19.1 Å². The quantitative estimate of drug-likeness (QED) is 0.899. The molecule has 1 saturated heterocycles. The van der Waals surface area contributed by atoms with Crippen molar-refractivity contribution in [3.8, 4) is 0 Å². The van der Waals surface area contributed by atoms with Crippen molar-refractivity contribution in [2.24, 2.45) is 11.1 Å². The lowest BCUT2D eigenvalue weighted by Crippen LogP contribution is -2.53. The van der Waals surface area contributed by atoms with Gasteiger partial charge in [0.1, 0.15) is 0 Å². The summed E-state index contributed by atoms with van der Waals surface area (Å²) in [6.07, 6.45) is 0.921. The van der Waals surface area contributed by atoms with Crippen LogP contribution in [0, 0.1) is 19.3 Å². The molecule has 22 heavy (non-hydrogen) atoms. The average Bonchev–Trinajstić information content (AvgIpc) is 2.38. The van der Waals surface area contributed by atoms with E-state index in [-0.39, 0.29) is 17.4 Å². The number of piperidine rings is 1. The number of benzene rings is 1. The SMILES string of the molecule is Cc1cc(C)c(NC(=O)CN2CCC(N)C(C)(C)C2)c(Cl)c1. The largest absolute Gasteiger partial charge is 0.327 e. The number of halogens is 1. The van der Waals surface area contributed by atoms with Gasteiger partial charge < -0.3 is 11.1 Å². The molecule has 0 saturated carbocycles. The third kappa shape index (κ3) is 4.00. The Bertz CT molecular complexity index is 548. The van der Waals surface area contributed by atoms with Crippen molar-refractivity contribution in [2.45, 2.75) is 40.2 Å². The van der Waals surface area contributed by atoms with Gasteiger partial charge >= 0.3 is 0 Å². The van der Waals surface area contributed by atoms with Gasteiger partial charge in [0.15, 0.2) is 0 Å². The van der Waals surface area contributed by atoms with Crippen molar-refractivity contribution in [3.63, 3.8) is 0 Å². The Morgan fingerprint density at radius 3 is 2.73 bits per heavy atom. The van der Waals surface area contributed by atoms with Crippen molar-refractivity contribution < 1.29 is 4.79 Å². The molecule has 1 amide bonds.